The van der Waals surface area contributed by atoms with Crippen LogP contribution in [0.3, 0.4) is 0 Å². The summed E-state index contributed by atoms with van der Waals surface area (Å²) in [5.41, 5.74) is 2.82. The Bertz CT molecular complexity index is 552. The topological polar surface area (TPSA) is 44.9 Å². The minimum Gasteiger partial charge on any atom is -0.361 e. The van der Waals surface area contributed by atoms with Gasteiger partial charge in [0.05, 0.1) is 0 Å². The van der Waals surface area contributed by atoms with Crippen LogP contribution in [0, 0.1) is 0 Å². The van der Waals surface area contributed by atoms with Gasteiger partial charge < -0.3 is 10.3 Å². The first-order valence-electron chi connectivity index (χ1n) is 5.19. The number of benzene rings is 1. The van der Waals surface area contributed by atoms with Crippen LogP contribution in [0.1, 0.15) is 12.5 Å². The Kier molecular flexibility index (Phi) is 2.77. The number of rotatable bonds is 2. The second-order valence-electron chi connectivity index (χ2n) is 3.70. The number of carbonyl (C=O) groups excluding carboxylic acids is 1. The summed E-state index contributed by atoms with van der Waals surface area (Å²) in [4.78, 5) is 14.6. The second-order valence-corrected chi connectivity index (χ2v) is 3.70. The highest BCUT2D eigenvalue weighted by atomic mass is 16.1. The zero-order valence-electron chi connectivity index (χ0n) is 9.37. The summed E-state index contributed by atoms with van der Waals surface area (Å²) in [6.45, 7) is 1.81. The first kappa shape index (κ1) is 10.5. The Morgan fingerprint density at radius 2 is 2.12 bits per heavy atom. The van der Waals surface area contributed by atoms with E-state index in [1.54, 1.807) is 14.0 Å². The number of aromatic nitrogens is 1. The van der Waals surface area contributed by atoms with E-state index in [0.717, 1.165) is 16.5 Å². The van der Waals surface area contributed by atoms with Crippen molar-refractivity contribution in [1.82, 2.24) is 10.3 Å². The highest BCUT2D eigenvalue weighted by Gasteiger charge is 2.04. The zero-order chi connectivity index (χ0) is 11.5. The van der Waals surface area contributed by atoms with Crippen LogP contribution in [0.2, 0.25) is 0 Å². The molecule has 3 nitrogen and oxygen atoms in total. The van der Waals surface area contributed by atoms with Crippen molar-refractivity contribution in [3.05, 3.63) is 41.6 Å². The van der Waals surface area contributed by atoms with Crippen LogP contribution in [0.15, 0.2) is 36.0 Å². The number of hydrogen-bond acceptors (Lipinski definition) is 1. The average molecular weight is 214 g/mol. The molecule has 3 heteroatoms. The standard InChI is InChI=1S/C13H14N2O/c1-9(13(16)14-2)7-10-8-15-12-6-4-3-5-11(10)12/h3-8,15H,1-2H3,(H,14,16)/b9-7+. The van der Waals surface area contributed by atoms with Crippen molar-refractivity contribution < 1.29 is 4.79 Å². The number of nitrogens with one attached hydrogen (secondary N) is 2. The quantitative estimate of drug-likeness (QED) is 0.740. The van der Waals surface area contributed by atoms with Gasteiger partial charge in [0, 0.05) is 35.3 Å². The fourth-order valence-electron chi connectivity index (χ4n) is 1.71. The molecule has 2 aromatic rings. The van der Waals surface area contributed by atoms with E-state index in [1.807, 2.05) is 36.5 Å². The summed E-state index contributed by atoms with van der Waals surface area (Å²) in [6, 6.07) is 8.03. The number of amides is 1. The van der Waals surface area contributed by atoms with Crippen molar-refractivity contribution in [2.75, 3.05) is 7.05 Å². The summed E-state index contributed by atoms with van der Waals surface area (Å²) in [5, 5.41) is 3.74. The summed E-state index contributed by atoms with van der Waals surface area (Å²) >= 11 is 0. The molecule has 16 heavy (non-hydrogen) atoms. The van der Waals surface area contributed by atoms with Crippen LogP contribution in [0.4, 0.5) is 0 Å². The van der Waals surface area contributed by atoms with Crippen molar-refractivity contribution in [3.8, 4) is 0 Å². The molecule has 0 unspecified atom stereocenters. The van der Waals surface area contributed by atoms with Gasteiger partial charge in [0.2, 0.25) is 5.91 Å². The lowest BCUT2D eigenvalue weighted by Crippen LogP contribution is -2.18. The summed E-state index contributed by atoms with van der Waals surface area (Å²) in [7, 11) is 1.63. The van der Waals surface area contributed by atoms with Gasteiger partial charge >= 0.3 is 0 Å². The van der Waals surface area contributed by atoms with Gasteiger partial charge in [-0.2, -0.15) is 0 Å². The SMILES string of the molecule is CNC(=O)/C(C)=C/c1c[nH]c2ccccc12. The van der Waals surface area contributed by atoms with Crippen molar-refractivity contribution in [3.63, 3.8) is 0 Å². The Labute approximate surface area is 94.2 Å². The number of aromatic amines is 1. The summed E-state index contributed by atoms with van der Waals surface area (Å²) in [5.74, 6) is -0.0507. The van der Waals surface area contributed by atoms with Crippen LogP contribution in [0.25, 0.3) is 17.0 Å². The van der Waals surface area contributed by atoms with Gasteiger partial charge in [-0.1, -0.05) is 18.2 Å². The largest absolute Gasteiger partial charge is 0.361 e. The van der Waals surface area contributed by atoms with E-state index >= 15 is 0 Å². The van der Waals surface area contributed by atoms with Gasteiger partial charge in [0.25, 0.3) is 0 Å². The number of carbonyl (C=O) groups is 1. The molecule has 0 aliphatic rings. The van der Waals surface area contributed by atoms with Gasteiger partial charge in [-0.15, -0.1) is 0 Å². The predicted octanol–water partition coefficient (Wildman–Crippen LogP) is 2.32. The number of hydrogen-bond donors (Lipinski definition) is 2. The van der Waals surface area contributed by atoms with Crippen LogP contribution < -0.4 is 5.32 Å². The van der Waals surface area contributed by atoms with Crippen LogP contribution in [0.5, 0.6) is 0 Å². The molecule has 0 saturated carbocycles. The van der Waals surface area contributed by atoms with Crippen molar-refractivity contribution >= 4 is 22.9 Å². The monoisotopic (exact) mass is 214 g/mol. The molecule has 1 aromatic carbocycles. The fourth-order valence-corrected chi connectivity index (χ4v) is 1.71. The third kappa shape index (κ3) is 1.84. The summed E-state index contributed by atoms with van der Waals surface area (Å²) in [6.07, 6.45) is 3.80. The van der Waals surface area contributed by atoms with E-state index in [0.29, 0.717) is 5.57 Å². The highest BCUT2D eigenvalue weighted by molar-refractivity contribution is 6.00. The van der Waals surface area contributed by atoms with Crippen LogP contribution in [-0.4, -0.2) is 17.9 Å². The second kappa shape index (κ2) is 4.23. The molecule has 0 spiro atoms. The molecule has 0 bridgehead atoms. The lowest BCUT2D eigenvalue weighted by molar-refractivity contribution is -0.116. The molecular formula is C13H14N2O. The lowest BCUT2D eigenvalue weighted by Gasteiger charge is -1.98. The molecular weight excluding hydrogens is 200 g/mol. The van der Waals surface area contributed by atoms with Crippen molar-refractivity contribution in [2.24, 2.45) is 0 Å². The first-order chi connectivity index (χ1) is 7.72. The number of H-pyrrole nitrogens is 1. The predicted molar refractivity (Wildman–Crippen MR) is 66.0 cm³/mol. The molecule has 1 amide bonds. The van der Waals surface area contributed by atoms with Gasteiger partial charge in [0.15, 0.2) is 0 Å². The third-order valence-electron chi connectivity index (χ3n) is 2.58. The maximum atomic E-state index is 11.4. The van der Waals surface area contributed by atoms with E-state index in [9.17, 15) is 4.79 Å². The maximum Gasteiger partial charge on any atom is 0.246 e. The number of fused-ring (bicyclic) bond motifs is 1. The fraction of sp³-hybridized carbons (Fsp3) is 0.154. The molecule has 2 N–H and O–H groups in total. The molecule has 1 heterocycles. The zero-order valence-corrected chi connectivity index (χ0v) is 9.37. The van der Waals surface area contributed by atoms with Crippen LogP contribution in [-0.2, 0) is 4.79 Å². The van der Waals surface area contributed by atoms with E-state index in [2.05, 4.69) is 10.3 Å². The van der Waals surface area contributed by atoms with E-state index < -0.39 is 0 Å². The maximum absolute atomic E-state index is 11.4. The van der Waals surface area contributed by atoms with Crippen molar-refractivity contribution in [2.45, 2.75) is 6.92 Å². The molecule has 1 aromatic heterocycles. The van der Waals surface area contributed by atoms with Gasteiger partial charge in [-0.3, -0.25) is 4.79 Å². The molecule has 0 aliphatic heterocycles. The number of para-hydroxylation sites is 1. The van der Waals surface area contributed by atoms with E-state index in [4.69, 9.17) is 0 Å². The lowest BCUT2D eigenvalue weighted by atomic mass is 10.1. The number of likely N-dealkylation sites (N-methyl/N-ethyl adjacent to an activating group) is 1. The van der Waals surface area contributed by atoms with Gasteiger partial charge in [-0.25, -0.2) is 0 Å². The Morgan fingerprint density at radius 1 is 1.38 bits per heavy atom. The summed E-state index contributed by atoms with van der Waals surface area (Å²) < 4.78 is 0. The minimum atomic E-state index is -0.0507. The van der Waals surface area contributed by atoms with Gasteiger partial charge in [-0.05, 0) is 19.1 Å². The Morgan fingerprint density at radius 3 is 2.88 bits per heavy atom. The Hall–Kier alpha value is -2.03. The third-order valence-corrected chi connectivity index (χ3v) is 2.58. The van der Waals surface area contributed by atoms with E-state index in [-0.39, 0.29) is 5.91 Å². The van der Waals surface area contributed by atoms with E-state index in [1.165, 1.54) is 0 Å². The smallest absolute Gasteiger partial charge is 0.246 e. The molecule has 0 radical (unpaired) electrons. The molecule has 0 saturated heterocycles. The molecule has 2 rings (SSSR count). The first-order valence-corrected chi connectivity index (χ1v) is 5.19. The van der Waals surface area contributed by atoms with Gasteiger partial charge in [0.1, 0.15) is 0 Å². The van der Waals surface area contributed by atoms with Crippen LogP contribution >= 0.6 is 0 Å². The Balaban J connectivity index is 2.45. The molecule has 0 atom stereocenters. The molecule has 82 valence electrons. The average Bonchev–Trinajstić information content (AvgIpc) is 2.72. The highest BCUT2D eigenvalue weighted by Crippen LogP contribution is 2.20. The normalized spacial score (nSPS) is 11.8. The molecule has 0 aliphatic carbocycles. The minimum absolute atomic E-state index is 0.0507. The molecule has 0 fully saturated rings. The van der Waals surface area contributed by atoms with Crippen molar-refractivity contribution in [1.29, 1.82) is 0 Å².